The summed E-state index contributed by atoms with van der Waals surface area (Å²) in [6, 6.07) is 27.6. The molecule has 0 atom stereocenters. The van der Waals surface area contributed by atoms with E-state index in [2.05, 4.69) is 6.58 Å². The van der Waals surface area contributed by atoms with E-state index in [1.165, 1.54) is 6.07 Å². The van der Waals surface area contributed by atoms with Gasteiger partial charge in [0.25, 0.3) is 0 Å². The maximum atomic E-state index is 13.0. The number of nitrogen functional groups attached to an aromatic ring is 1. The van der Waals surface area contributed by atoms with Crippen molar-refractivity contribution in [3.8, 4) is 28.0 Å². The summed E-state index contributed by atoms with van der Waals surface area (Å²) in [5.41, 5.74) is 9.68. The van der Waals surface area contributed by atoms with E-state index in [-0.39, 0.29) is 0 Å². The van der Waals surface area contributed by atoms with Gasteiger partial charge in [0.2, 0.25) is 0 Å². The molecule has 2 nitrogen and oxygen atoms in total. The zero-order valence-electron chi connectivity index (χ0n) is 17.1. The van der Waals surface area contributed by atoms with E-state index in [1.54, 1.807) is 18.2 Å². The van der Waals surface area contributed by atoms with Crippen LogP contribution in [-0.2, 0) is 6.18 Å². The number of alkyl halides is 3. The van der Waals surface area contributed by atoms with Gasteiger partial charge in [-0.2, -0.15) is 13.2 Å². The van der Waals surface area contributed by atoms with Crippen LogP contribution in [0.1, 0.15) is 11.1 Å². The normalized spacial score (nSPS) is 11.2. The van der Waals surface area contributed by atoms with Crippen LogP contribution in [0.25, 0.3) is 28.0 Å². The molecule has 0 saturated carbocycles. The van der Waals surface area contributed by atoms with E-state index >= 15 is 0 Å². The summed E-state index contributed by atoms with van der Waals surface area (Å²) < 4.78 is 44.8. The van der Waals surface area contributed by atoms with Crippen LogP contribution < -0.4 is 10.5 Å². The fourth-order valence-electron chi connectivity index (χ4n) is 3.37. The molecule has 0 aliphatic rings. The molecule has 0 aliphatic carbocycles. The van der Waals surface area contributed by atoms with Crippen molar-refractivity contribution in [1.82, 2.24) is 0 Å². The van der Waals surface area contributed by atoms with E-state index in [0.717, 1.165) is 28.8 Å². The van der Waals surface area contributed by atoms with Gasteiger partial charge in [0.15, 0.2) is 0 Å². The predicted octanol–water partition coefficient (Wildman–Crippen LogP) is 7.67. The van der Waals surface area contributed by atoms with Gasteiger partial charge < -0.3 is 10.5 Å². The Morgan fingerprint density at radius 3 is 1.91 bits per heavy atom. The number of para-hydroxylation sites is 2. The molecule has 4 aromatic carbocycles. The smallest absolute Gasteiger partial charge is 0.416 e. The van der Waals surface area contributed by atoms with Crippen LogP contribution in [0.4, 0.5) is 18.9 Å². The summed E-state index contributed by atoms with van der Waals surface area (Å²) in [7, 11) is 0. The SMILES string of the molecule is C=C(Oc1ccccc1N)c1cccc(-c2ccc(-c3cccc(C(F)(F)F)c3)cc2)c1. The Hall–Kier alpha value is -3.99. The molecule has 0 fully saturated rings. The molecule has 0 saturated heterocycles. The number of rotatable bonds is 5. The second-order valence-corrected chi connectivity index (χ2v) is 7.30. The molecular formula is C27H20F3NO. The lowest BCUT2D eigenvalue weighted by molar-refractivity contribution is -0.137. The first kappa shape index (κ1) is 21.2. The molecule has 0 spiro atoms. The van der Waals surface area contributed by atoms with Gasteiger partial charge >= 0.3 is 6.18 Å². The summed E-state index contributed by atoms with van der Waals surface area (Å²) >= 11 is 0. The van der Waals surface area contributed by atoms with Crippen molar-refractivity contribution in [3.63, 3.8) is 0 Å². The highest BCUT2D eigenvalue weighted by atomic mass is 19.4. The zero-order valence-corrected chi connectivity index (χ0v) is 17.1. The third-order valence-electron chi connectivity index (χ3n) is 5.08. The lowest BCUT2D eigenvalue weighted by atomic mass is 9.98. The predicted molar refractivity (Wildman–Crippen MR) is 123 cm³/mol. The summed E-state index contributed by atoms with van der Waals surface area (Å²) in [5, 5.41) is 0. The summed E-state index contributed by atoms with van der Waals surface area (Å²) in [6.07, 6.45) is -4.37. The Balaban J connectivity index is 1.56. The first-order valence-corrected chi connectivity index (χ1v) is 9.91. The van der Waals surface area contributed by atoms with Crippen molar-refractivity contribution in [3.05, 3.63) is 115 Å². The van der Waals surface area contributed by atoms with Crippen LogP contribution in [0.2, 0.25) is 0 Å². The minimum absolute atomic E-state index is 0.463. The number of hydrogen-bond acceptors (Lipinski definition) is 2. The fraction of sp³-hybridized carbons (Fsp3) is 0.0370. The van der Waals surface area contributed by atoms with E-state index in [1.807, 2.05) is 60.7 Å². The largest absolute Gasteiger partial charge is 0.455 e. The highest BCUT2D eigenvalue weighted by Gasteiger charge is 2.30. The number of benzene rings is 4. The molecule has 4 aromatic rings. The molecule has 0 radical (unpaired) electrons. The Kier molecular flexibility index (Phi) is 5.73. The molecular weight excluding hydrogens is 411 g/mol. The molecule has 2 N–H and O–H groups in total. The molecule has 32 heavy (non-hydrogen) atoms. The summed E-state index contributed by atoms with van der Waals surface area (Å²) in [6.45, 7) is 4.01. The summed E-state index contributed by atoms with van der Waals surface area (Å²) in [5.74, 6) is 0.999. The van der Waals surface area contributed by atoms with Gasteiger partial charge in [-0.1, -0.05) is 73.3 Å². The highest BCUT2D eigenvalue weighted by Crippen LogP contribution is 2.33. The van der Waals surface area contributed by atoms with Crippen LogP contribution in [0.15, 0.2) is 104 Å². The van der Waals surface area contributed by atoms with Gasteiger partial charge in [0, 0.05) is 5.56 Å². The second kappa shape index (κ2) is 8.63. The molecule has 0 unspecified atom stereocenters. The van der Waals surface area contributed by atoms with E-state index < -0.39 is 11.7 Å². The standard InChI is InChI=1S/C27H20F3NO/c1-18(32-26-11-3-2-10-25(26)31)21-6-4-7-22(16-21)19-12-14-20(15-13-19)23-8-5-9-24(17-23)27(28,29)30/h2-17H,1,31H2. The Morgan fingerprint density at radius 1 is 0.688 bits per heavy atom. The van der Waals surface area contributed by atoms with Crippen LogP contribution >= 0.6 is 0 Å². The summed E-state index contributed by atoms with van der Waals surface area (Å²) in [4.78, 5) is 0. The highest BCUT2D eigenvalue weighted by molar-refractivity contribution is 5.74. The molecule has 160 valence electrons. The molecule has 4 rings (SSSR count). The van der Waals surface area contributed by atoms with Crippen molar-refractivity contribution in [2.24, 2.45) is 0 Å². The number of nitrogens with two attached hydrogens (primary N) is 1. The van der Waals surface area contributed by atoms with Gasteiger partial charge in [0.1, 0.15) is 11.5 Å². The van der Waals surface area contributed by atoms with Gasteiger partial charge in [-0.3, -0.25) is 0 Å². The monoisotopic (exact) mass is 431 g/mol. The molecule has 5 heteroatoms. The third-order valence-corrected chi connectivity index (χ3v) is 5.08. The number of anilines is 1. The van der Waals surface area contributed by atoms with Crippen LogP contribution in [-0.4, -0.2) is 0 Å². The van der Waals surface area contributed by atoms with E-state index in [4.69, 9.17) is 10.5 Å². The van der Waals surface area contributed by atoms with Crippen LogP contribution in [0.5, 0.6) is 5.75 Å². The van der Waals surface area contributed by atoms with Crippen molar-refractivity contribution in [1.29, 1.82) is 0 Å². The Bertz CT molecular complexity index is 1260. The van der Waals surface area contributed by atoms with Crippen molar-refractivity contribution < 1.29 is 17.9 Å². The van der Waals surface area contributed by atoms with Crippen LogP contribution in [0, 0.1) is 0 Å². The number of hydrogen-bond donors (Lipinski definition) is 1. The van der Waals surface area contributed by atoms with Gasteiger partial charge in [-0.15, -0.1) is 0 Å². The minimum Gasteiger partial charge on any atom is -0.455 e. The Labute approximate surface area is 184 Å². The number of ether oxygens (including phenoxy) is 1. The zero-order chi connectivity index (χ0) is 22.7. The maximum Gasteiger partial charge on any atom is 0.416 e. The first-order chi connectivity index (χ1) is 15.3. The lowest BCUT2D eigenvalue weighted by Crippen LogP contribution is -2.04. The fourth-order valence-corrected chi connectivity index (χ4v) is 3.37. The average molecular weight is 431 g/mol. The lowest BCUT2D eigenvalue weighted by Gasteiger charge is -2.12. The van der Waals surface area contributed by atoms with Gasteiger partial charge in [-0.25, -0.2) is 0 Å². The average Bonchev–Trinajstić information content (AvgIpc) is 2.80. The van der Waals surface area contributed by atoms with Gasteiger partial charge in [0.05, 0.1) is 11.3 Å². The molecule has 0 bridgehead atoms. The quantitative estimate of drug-likeness (QED) is 0.260. The Morgan fingerprint density at radius 2 is 1.28 bits per heavy atom. The second-order valence-electron chi connectivity index (χ2n) is 7.30. The number of halogens is 3. The third kappa shape index (κ3) is 4.67. The van der Waals surface area contributed by atoms with Crippen LogP contribution in [0.3, 0.4) is 0 Å². The molecule has 0 aromatic heterocycles. The van der Waals surface area contributed by atoms with E-state index in [0.29, 0.717) is 28.3 Å². The first-order valence-electron chi connectivity index (χ1n) is 9.91. The topological polar surface area (TPSA) is 35.2 Å². The van der Waals surface area contributed by atoms with Gasteiger partial charge in [-0.05, 0) is 52.6 Å². The van der Waals surface area contributed by atoms with Crippen molar-refractivity contribution >= 4 is 11.4 Å². The van der Waals surface area contributed by atoms with E-state index in [9.17, 15) is 13.2 Å². The molecule has 0 amide bonds. The van der Waals surface area contributed by atoms with Crippen molar-refractivity contribution in [2.75, 3.05) is 5.73 Å². The molecule has 0 aliphatic heterocycles. The molecule has 0 heterocycles. The maximum absolute atomic E-state index is 13.0. The van der Waals surface area contributed by atoms with Crippen molar-refractivity contribution in [2.45, 2.75) is 6.18 Å². The minimum atomic E-state index is -4.37.